The molecule has 0 bridgehead atoms. The second kappa shape index (κ2) is 8.41. The molecule has 0 unspecified atom stereocenters. The van der Waals surface area contributed by atoms with Crippen LogP contribution in [0.5, 0.6) is 0 Å². The minimum absolute atomic E-state index is 0.0303. The predicted molar refractivity (Wildman–Crippen MR) is 114 cm³/mol. The number of aryl methyl sites for hydroxylation is 3. The standard InChI is InChI=1S/C22H24N6O2/c1-15-5-6-16-17(25-15)7-8-18-22(16)26-19(28(18)14-20(29)24-11-10-23)9-13-27-12-3-2-4-21(27)30/h2-4,7-8,12,15,25H,5-6,9,11,13-14H2,1H3,(H,24,29)/t15-/m0/s1. The van der Waals surface area contributed by atoms with Crippen molar-refractivity contribution in [2.45, 2.75) is 45.3 Å². The van der Waals surface area contributed by atoms with Crippen molar-refractivity contribution in [1.82, 2.24) is 19.4 Å². The van der Waals surface area contributed by atoms with E-state index in [0.29, 0.717) is 19.0 Å². The maximum atomic E-state index is 12.3. The lowest BCUT2D eigenvalue weighted by molar-refractivity contribution is -0.121. The molecule has 30 heavy (non-hydrogen) atoms. The predicted octanol–water partition coefficient (Wildman–Crippen LogP) is 1.83. The Kier molecular flexibility index (Phi) is 5.53. The molecule has 154 valence electrons. The summed E-state index contributed by atoms with van der Waals surface area (Å²) < 4.78 is 3.53. The normalized spacial score (nSPS) is 15.3. The second-order valence-corrected chi connectivity index (χ2v) is 7.57. The van der Waals surface area contributed by atoms with Crippen molar-refractivity contribution in [3.8, 4) is 6.07 Å². The second-order valence-electron chi connectivity index (χ2n) is 7.57. The summed E-state index contributed by atoms with van der Waals surface area (Å²) in [5.41, 5.74) is 3.98. The van der Waals surface area contributed by atoms with E-state index in [4.69, 9.17) is 10.2 Å². The van der Waals surface area contributed by atoms with Crippen molar-refractivity contribution in [3.05, 3.63) is 58.3 Å². The fourth-order valence-electron chi connectivity index (χ4n) is 3.95. The van der Waals surface area contributed by atoms with Crippen LogP contribution in [0.15, 0.2) is 41.3 Å². The van der Waals surface area contributed by atoms with Gasteiger partial charge < -0.3 is 19.8 Å². The van der Waals surface area contributed by atoms with Crippen LogP contribution in [0.25, 0.3) is 11.0 Å². The Labute approximate surface area is 174 Å². The van der Waals surface area contributed by atoms with Gasteiger partial charge in [-0.2, -0.15) is 5.26 Å². The number of rotatable bonds is 6. The molecule has 1 aliphatic heterocycles. The van der Waals surface area contributed by atoms with Crippen LogP contribution in [0.4, 0.5) is 5.69 Å². The molecule has 1 aromatic carbocycles. The fraction of sp³-hybridized carbons (Fsp3) is 0.364. The molecule has 8 nitrogen and oxygen atoms in total. The number of aromatic nitrogens is 3. The molecule has 0 radical (unpaired) electrons. The SMILES string of the molecule is C[C@H]1CCc2c(ccc3c2nc(CCn2ccccc2=O)n3CC(=O)NCC#N)N1. The highest BCUT2D eigenvalue weighted by atomic mass is 16.2. The van der Waals surface area contributed by atoms with Crippen molar-refractivity contribution in [1.29, 1.82) is 5.26 Å². The number of amides is 1. The summed E-state index contributed by atoms with van der Waals surface area (Å²) in [5.74, 6) is 0.512. The Hall–Kier alpha value is -3.60. The summed E-state index contributed by atoms with van der Waals surface area (Å²) in [5, 5.41) is 14.8. The third-order valence-corrected chi connectivity index (χ3v) is 5.48. The van der Waals surface area contributed by atoms with Gasteiger partial charge in [0.15, 0.2) is 0 Å². The van der Waals surface area contributed by atoms with Crippen LogP contribution in [-0.2, 0) is 30.7 Å². The summed E-state index contributed by atoms with van der Waals surface area (Å²) in [4.78, 5) is 29.3. The summed E-state index contributed by atoms with van der Waals surface area (Å²) >= 11 is 0. The van der Waals surface area contributed by atoms with Gasteiger partial charge in [0.05, 0.1) is 17.1 Å². The van der Waals surface area contributed by atoms with Crippen LogP contribution >= 0.6 is 0 Å². The molecule has 0 aliphatic carbocycles. The molecule has 3 aromatic rings. The Morgan fingerprint density at radius 3 is 3.03 bits per heavy atom. The van der Waals surface area contributed by atoms with Gasteiger partial charge in [0.1, 0.15) is 18.9 Å². The van der Waals surface area contributed by atoms with E-state index in [1.807, 2.05) is 28.8 Å². The average molecular weight is 404 g/mol. The summed E-state index contributed by atoms with van der Waals surface area (Å²) in [6.45, 7) is 2.69. The highest BCUT2D eigenvalue weighted by molar-refractivity contribution is 5.87. The molecule has 4 rings (SSSR count). The lowest BCUT2D eigenvalue weighted by Gasteiger charge is -2.24. The number of hydrogen-bond donors (Lipinski definition) is 2. The Balaban J connectivity index is 1.72. The third kappa shape index (κ3) is 3.92. The van der Waals surface area contributed by atoms with Gasteiger partial charge >= 0.3 is 0 Å². The van der Waals surface area contributed by atoms with Gasteiger partial charge in [-0.25, -0.2) is 4.98 Å². The number of anilines is 1. The fourth-order valence-corrected chi connectivity index (χ4v) is 3.95. The van der Waals surface area contributed by atoms with Crippen LogP contribution in [0, 0.1) is 11.3 Å². The van der Waals surface area contributed by atoms with Crippen molar-refractivity contribution < 1.29 is 4.79 Å². The van der Waals surface area contributed by atoms with E-state index in [-0.39, 0.29) is 24.6 Å². The van der Waals surface area contributed by atoms with Crippen LogP contribution in [0.2, 0.25) is 0 Å². The lowest BCUT2D eigenvalue weighted by Crippen LogP contribution is -2.28. The number of nitriles is 1. The summed E-state index contributed by atoms with van der Waals surface area (Å²) in [7, 11) is 0. The summed E-state index contributed by atoms with van der Waals surface area (Å²) in [6, 6.07) is 11.4. The van der Waals surface area contributed by atoms with Crippen molar-refractivity contribution in [2.24, 2.45) is 0 Å². The van der Waals surface area contributed by atoms with E-state index in [2.05, 4.69) is 17.6 Å². The van der Waals surface area contributed by atoms with Gasteiger partial charge in [-0.1, -0.05) is 6.07 Å². The maximum Gasteiger partial charge on any atom is 0.250 e. The van der Waals surface area contributed by atoms with Crippen LogP contribution < -0.4 is 16.2 Å². The van der Waals surface area contributed by atoms with Crippen LogP contribution in [-0.4, -0.2) is 32.6 Å². The number of pyridine rings is 1. The first-order valence-electron chi connectivity index (χ1n) is 10.1. The van der Waals surface area contributed by atoms with Crippen LogP contribution in [0.3, 0.4) is 0 Å². The van der Waals surface area contributed by atoms with Gasteiger partial charge in [0, 0.05) is 42.5 Å². The summed E-state index contributed by atoms with van der Waals surface area (Å²) in [6.07, 6.45) is 4.22. The maximum absolute atomic E-state index is 12.3. The molecule has 0 saturated carbocycles. The number of imidazole rings is 1. The largest absolute Gasteiger partial charge is 0.382 e. The Morgan fingerprint density at radius 2 is 2.23 bits per heavy atom. The molecule has 0 saturated heterocycles. The molecular weight excluding hydrogens is 380 g/mol. The van der Waals surface area contributed by atoms with Gasteiger partial charge in [0.25, 0.3) is 5.56 Å². The molecule has 1 amide bonds. The lowest BCUT2D eigenvalue weighted by atomic mass is 9.98. The number of carbonyl (C=O) groups is 1. The zero-order valence-corrected chi connectivity index (χ0v) is 16.9. The van der Waals surface area contributed by atoms with E-state index < -0.39 is 0 Å². The van der Waals surface area contributed by atoms with Gasteiger partial charge in [-0.15, -0.1) is 0 Å². The van der Waals surface area contributed by atoms with Gasteiger partial charge in [0.2, 0.25) is 5.91 Å². The molecule has 2 aromatic heterocycles. The number of carbonyl (C=O) groups excluding carboxylic acids is 1. The van der Waals surface area contributed by atoms with Gasteiger partial charge in [-0.3, -0.25) is 9.59 Å². The number of nitrogens with zero attached hydrogens (tertiary/aromatic N) is 4. The van der Waals surface area contributed by atoms with E-state index in [0.717, 1.165) is 35.4 Å². The Bertz CT molecular complexity index is 1190. The first-order chi connectivity index (χ1) is 14.6. The first-order valence-corrected chi connectivity index (χ1v) is 10.1. The van der Waals surface area contributed by atoms with E-state index >= 15 is 0 Å². The molecule has 1 atom stereocenters. The number of fused-ring (bicyclic) bond motifs is 3. The third-order valence-electron chi connectivity index (χ3n) is 5.48. The van der Waals surface area contributed by atoms with Crippen LogP contribution in [0.1, 0.15) is 24.7 Å². The molecule has 0 spiro atoms. The monoisotopic (exact) mass is 404 g/mol. The number of nitrogens with one attached hydrogen (secondary N) is 2. The topological polar surface area (TPSA) is 105 Å². The van der Waals surface area contributed by atoms with Gasteiger partial charge in [-0.05, 0) is 38.0 Å². The highest BCUT2D eigenvalue weighted by Crippen LogP contribution is 2.32. The molecule has 3 heterocycles. The first kappa shape index (κ1) is 19.7. The zero-order chi connectivity index (χ0) is 21.1. The average Bonchev–Trinajstić information content (AvgIpc) is 3.09. The molecule has 0 fully saturated rings. The van der Waals surface area contributed by atoms with E-state index in [1.165, 1.54) is 11.6 Å². The molecule has 2 N–H and O–H groups in total. The van der Waals surface area contributed by atoms with Crippen molar-refractivity contribution in [3.63, 3.8) is 0 Å². The number of hydrogen-bond acceptors (Lipinski definition) is 5. The zero-order valence-electron chi connectivity index (χ0n) is 16.9. The number of benzene rings is 1. The minimum atomic E-state index is -0.238. The quantitative estimate of drug-likeness (QED) is 0.610. The smallest absolute Gasteiger partial charge is 0.250 e. The molecular formula is C22H24N6O2. The van der Waals surface area contributed by atoms with Crippen molar-refractivity contribution in [2.75, 3.05) is 11.9 Å². The van der Waals surface area contributed by atoms with Crippen molar-refractivity contribution >= 4 is 22.6 Å². The van der Waals surface area contributed by atoms with E-state index in [1.54, 1.807) is 16.8 Å². The molecule has 8 heteroatoms. The van der Waals surface area contributed by atoms with E-state index in [9.17, 15) is 9.59 Å². The Morgan fingerprint density at radius 1 is 1.37 bits per heavy atom. The minimum Gasteiger partial charge on any atom is -0.382 e. The highest BCUT2D eigenvalue weighted by Gasteiger charge is 2.21. The molecule has 1 aliphatic rings.